The van der Waals surface area contributed by atoms with Crippen LogP contribution < -0.4 is 14.4 Å². The van der Waals surface area contributed by atoms with E-state index in [0.29, 0.717) is 25.3 Å². The number of amides is 1. The van der Waals surface area contributed by atoms with E-state index in [1.54, 1.807) is 0 Å². The maximum Gasteiger partial charge on any atom is 0.257 e. The summed E-state index contributed by atoms with van der Waals surface area (Å²) in [4.78, 5) is 22.7. The monoisotopic (exact) mass is 417 g/mol. The van der Waals surface area contributed by atoms with Gasteiger partial charge in [-0.25, -0.2) is 4.98 Å². The van der Waals surface area contributed by atoms with E-state index in [9.17, 15) is 4.79 Å². The number of pyridine rings is 1. The maximum atomic E-state index is 13.7. The number of nitrogens with zero attached hydrogens (tertiary/aromatic N) is 3. The first-order valence-corrected chi connectivity index (χ1v) is 11.1. The van der Waals surface area contributed by atoms with E-state index in [2.05, 4.69) is 4.90 Å². The van der Waals surface area contributed by atoms with E-state index in [4.69, 9.17) is 14.5 Å². The third-order valence-corrected chi connectivity index (χ3v) is 6.00. The molecule has 1 atom stereocenters. The quantitative estimate of drug-likeness (QED) is 0.625. The molecule has 5 rings (SSSR count). The molecule has 1 unspecified atom stereocenters. The number of benzene rings is 2. The van der Waals surface area contributed by atoms with Gasteiger partial charge in [-0.15, -0.1) is 0 Å². The average molecular weight is 418 g/mol. The molecule has 6 heteroatoms. The normalized spacial score (nSPS) is 17.7. The summed E-state index contributed by atoms with van der Waals surface area (Å²) in [6.45, 7) is 5.36. The molecule has 6 nitrogen and oxygen atoms in total. The number of ether oxygens (including phenoxy) is 2. The summed E-state index contributed by atoms with van der Waals surface area (Å²) in [6, 6.07) is 17.6. The SMILES string of the molecule is CCN(CC1COc2ccccc2O1)C(=O)c1cc2ccccc2nc1N1CCCC1. The number of carbonyl (C=O) groups excluding carboxylic acids is 1. The molecule has 1 aromatic heterocycles. The van der Waals surface area contributed by atoms with Crippen molar-refractivity contribution in [3.05, 3.63) is 60.2 Å². The van der Waals surface area contributed by atoms with Crippen molar-refractivity contribution in [1.29, 1.82) is 0 Å². The molecule has 0 spiro atoms. The molecule has 1 amide bonds. The van der Waals surface area contributed by atoms with Gasteiger partial charge in [0.2, 0.25) is 0 Å². The molecule has 0 aliphatic carbocycles. The first-order valence-electron chi connectivity index (χ1n) is 11.1. The minimum atomic E-state index is -0.206. The third kappa shape index (κ3) is 3.90. The summed E-state index contributed by atoms with van der Waals surface area (Å²) >= 11 is 0. The van der Waals surface area contributed by atoms with Gasteiger partial charge in [-0.1, -0.05) is 30.3 Å². The molecule has 3 heterocycles. The lowest BCUT2D eigenvalue weighted by molar-refractivity contribution is 0.0475. The van der Waals surface area contributed by atoms with E-state index in [-0.39, 0.29) is 12.0 Å². The topological polar surface area (TPSA) is 54.9 Å². The van der Waals surface area contributed by atoms with Crippen LogP contribution in [0, 0.1) is 0 Å². The van der Waals surface area contributed by atoms with E-state index in [1.165, 1.54) is 0 Å². The van der Waals surface area contributed by atoms with E-state index in [1.807, 2.05) is 66.4 Å². The van der Waals surface area contributed by atoms with E-state index in [0.717, 1.165) is 54.2 Å². The minimum Gasteiger partial charge on any atom is -0.486 e. The van der Waals surface area contributed by atoms with Crippen molar-refractivity contribution < 1.29 is 14.3 Å². The Balaban J connectivity index is 1.43. The Morgan fingerprint density at radius 2 is 1.84 bits per heavy atom. The van der Waals surface area contributed by atoms with E-state index < -0.39 is 0 Å². The van der Waals surface area contributed by atoms with Crippen LogP contribution in [0.1, 0.15) is 30.1 Å². The first kappa shape index (κ1) is 19.7. The highest BCUT2D eigenvalue weighted by Gasteiger charge is 2.28. The Hall–Kier alpha value is -3.28. The lowest BCUT2D eigenvalue weighted by Crippen LogP contribution is -2.44. The number of hydrogen-bond acceptors (Lipinski definition) is 5. The molecular weight excluding hydrogens is 390 g/mol. The predicted molar refractivity (Wildman–Crippen MR) is 121 cm³/mol. The first-order chi connectivity index (χ1) is 15.2. The predicted octanol–water partition coefficient (Wildman–Crippen LogP) is 4.14. The molecule has 31 heavy (non-hydrogen) atoms. The highest BCUT2D eigenvalue weighted by molar-refractivity contribution is 6.02. The summed E-state index contributed by atoms with van der Waals surface area (Å²) in [6.07, 6.45) is 2.06. The largest absolute Gasteiger partial charge is 0.486 e. The van der Waals surface area contributed by atoms with Crippen molar-refractivity contribution in [2.45, 2.75) is 25.9 Å². The molecule has 160 valence electrons. The van der Waals surface area contributed by atoms with Gasteiger partial charge in [0.15, 0.2) is 17.6 Å². The maximum absolute atomic E-state index is 13.7. The second-order valence-electron chi connectivity index (χ2n) is 8.09. The number of carbonyl (C=O) groups is 1. The average Bonchev–Trinajstić information content (AvgIpc) is 3.36. The van der Waals surface area contributed by atoms with Crippen LogP contribution in [-0.2, 0) is 0 Å². The molecule has 0 bridgehead atoms. The molecule has 0 radical (unpaired) electrons. The molecular formula is C25H27N3O3. The van der Waals surface area contributed by atoms with Gasteiger partial charge in [-0.2, -0.15) is 0 Å². The molecule has 3 aromatic rings. The Bertz CT molecular complexity index is 1090. The van der Waals surface area contributed by atoms with Gasteiger partial charge in [0.25, 0.3) is 5.91 Å². The molecule has 0 N–H and O–H groups in total. The van der Waals surface area contributed by atoms with Crippen LogP contribution in [-0.4, -0.2) is 54.7 Å². The van der Waals surface area contributed by atoms with Crippen LogP contribution >= 0.6 is 0 Å². The molecule has 2 aliphatic rings. The third-order valence-electron chi connectivity index (χ3n) is 6.00. The van der Waals surface area contributed by atoms with Gasteiger partial charge in [-0.3, -0.25) is 4.79 Å². The van der Waals surface area contributed by atoms with Crippen molar-refractivity contribution in [2.75, 3.05) is 37.7 Å². The van der Waals surface area contributed by atoms with Gasteiger partial charge in [0.05, 0.1) is 17.6 Å². The zero-order valence-electron chi connectivity index (χ0n) is 17.8. The Labute approximate surface area is 182 Å². The van der Waals surface area contributed by atoms with Crippen LogP contribution in [0.5, 0.6) is 11.5 Å². The van der Waals surface area contributed by atoms with Gasteiger partial charge in [0.1, 0.15) is 12.4 Å². The van der Waals surface area contributed by atoms with Crippen molar-refractivity contribution in [2.24, 2.45) is 0 Å². The Morgan fingerprint density at radius 1 is 1.10 bits per heavy atom. The number of hydrogen-bond donors (Lipinski definition) is 0. The summed E-state index contributed by atoms with van der Waals surface area (Å²) in [5.74, 6) is 2.27. The lowest BCUT2D eigenvalue weighted by atomic mass is 10.1. The van der Waals surface area contributed by atoms with Crippen LogP contribution in [0.2, 0.25) is 0 Å². The van der Waals surface area contributed by atoms with E-state index >= 15 is 0 Å². The van der Waals surface area contributed by atoms with Crippen molar-refractivity contribution >= 4 is 22.6 Å². The molecule has 2 aliphatic heterocycles. The Morgan fingerprint density at radius 3 is 2.65 bits per heavy atom. The van der Waals surface area contributed by atoms with Gasteiger partial charge in [-0.05, 0) is 44.0 Å². The number of para-hydroxylation sites is 3. The number of fused-ring (bicyclic) bond motifs is 2. The number of aromatic nitrogens is 1. The van der Waals surface area contributed by atoms with Crippen molar-refractivity contribution in [1.82, 2.24) is 9.88 Å². The minimum absolute atomic E-state index is 0.00916. The Kier molecular flexibility index (Phi) is 5.37. The highest BCUT2D eigenvalue weighted by Crippen LogP contribution is 2.32. The van der Waals surface area contributed by atoms with Gasteiger partial charge < -0.3 is 19.3 Å². The second-order valence-corrected chi connectivity index (χ2v) is 8.09. The van der Waals surface area contributed by atoms with Gasteiger partial charge >= 0.3 is 0 Å². The summed E-state index contributed by atoms with van der Waals surface area (Å²) in [5.41, 5.74) is 1.59. The highest BCUT2D eigenvalue weighted by atomic mass is 16.6. The molecule has 0 saturated carbocycles. The fraction of sp³-hybridized carbons (Fsp3) is 0.360. The van der Waals surface area contributed by atoms with Crippen LogP contribution in [0.15, 0.2) is 54.6 Å². The van der Waals surface area contributed by atoms with Crippen LogP contribution in [0.3, 0.4) is 0 Å². The number of rotatable bonds is 5. The fourth-order valence-corrected chi connectivity index (χ4v) is 4.36. The molecule has 2 aromatic carbocycles. The molecule has 1 saturated heterocycles. The van der Waals surface area contributed by atoms with Crippen molar-refractivity contribution in [3.8, 4) is 11.5 Å². The fourth-order valence-electron chi connectivity index (χ4n) is 4.36. The molecule has 1 fully saturated rings. The summed E-state index contributed by atoms with van der Waals surface area (Å²) in [5, 5.41) is 0.982. The van der Waals surface area contributed by atoms with Crippen LogP contribution in [0.4, 0.5) is 5.82 Å². The van der Waals surface area contributed by atoms with Crippen molar-refractivity contribution in [3.63, 3.8) is 0 Å². The second kappa shape index (κ2) is 8.46. The standard InChI is InChI=1S/C25H27N3O3/c1-2-27(16-19-17-30-22-11-5-6-12-23(22)31-19)25(29)20-15-18-9-3-4-10-21(18)26-24(20)28-13-7-8-14-28/h3-6,9-12,15,19H,2,7-8,13-14,16-17H2,1H3. The zero-order valence-corrected chi connectivity index (χ0v) is 17.8. The zero-order chi connectivity index (χ0) is 21.2. The van der Waals surface area contributed by atoms with Gasteiger partial charge in [0, 0.05) is 25.0 Å². The number of likely N-dealkylation sites (N-methyl/N-ethyl adjacent to an activating group) is 1. The summed E-state index contributed by atoms with van der Waals surface area (Å²) < 4.78 is 12.0. The lowest BCUT2D eigenvalue weighted by Gasteiger charge is -2.31. The number of anilines is 1. The van der Waals surface area contributed by atoms with Crippen LogP contribution in [0.25, 0.3) is 10.9 Å². The smallest absolute Gasteiger partial charge is 0.257 e. The summed E-state index contributed by atoms with van der Waals surface area (Å²) in [7, 11) is 0.